The molecule has 2 aliphatic rings. The number of hydrogen-bond acceptors (Lipinski definition) is 1. The summed E-state index contributed by atoms with van der Waals surface area (Å²) in [7, 11) is 2.24. The van der Waals surface area contributed by atoms with E-state index in [0.717, 1.165) is 6.42 Å². The van der Waals surface area contributed by atoms with Crippen LogP contribution in [-0.4, -0.2) is 23.5 Å². The highest BCUT2D eigenvalue weighted by atomic mass is 15.3. The minimum atomic E-state index is 0.294. The maximum absolute atomic E-state index is 4.24. The molecule has 0 bridgehead atoms. The number of hydrogen-bond donors (Lipinski definition) is 0. The SMILES string of the molecule is C=C(C(C)C)C1CC2(C=CC(C)=CC2)N1C. The summed E-state index contributed by atoms with van der Waals surface area (Å²) in [6, 6.07) is 0.580. The smallest absolute Gasteiger partial charge is 0.0450 e. The lowest BCUT2D eigenvalue weighted by molar-refractivity contribution is 0.00135. The van der Waals surface area contributed by atoms with Gasteiger partial charge in [0.1, 0.15) is 0 Å². The van der Waals surface area contributed by atoms with E-state index in [2.05, 4.69) is 57.5 Å². The molecular weight excluding hydrogens is 194 g/mol. The van der Waals surface area contributed by atoms with E-state index in [1.807, 2.05) is 0 Å². The van der Waals surface area contributed by atoms with Crippen LogP contribution in [0.25, 0.3) is 0 Å². The molecule has 1 aliphatic heterocycles. The fourth-order valence-electron chi connectivity index (χ4n) is 2.75. The molecule has 1 nitrogen and oxygen atoms in total. The normalized spacial score (nSPS) is 34.1. The summed E-state index contributed by atoms with van der Waals surface area (Å²) in [5.41, 5.74) is 3.07. The molecule has 2 unspecified atom stereocenters. The highest BCUT2D eigenvalue weighted by Crippen LogP contribution is 2.45. The van der Waals surface area contributed by atoms with Gasteiger partial charge in [0, 0.05) is 11.6 Å². The van der Waals surface area contributed by atoms with Crippen LogP contribution >= 0.6 is 0 Å². The van der Waals surface area contributed by atoms with E-state index in [9.17, 15) is 0 Å². The van der Waals surface area contributed by atoms with Crippen LogP contribution < -0.4 is 0 Å². The summed E-state index contributed by atoms with van der Waals surface area (Å²) in [6.07, 6.45) is 9.39. The van der Waals surface area contributed by atoms with Crippen molar-refractivity contribution >= 4 is 0 Å². The van der Waals surface area contributed by atoms with E-state index in [1.165, 1.54) is 17.6 Å². The van der Waals surface area contributed by atoms with Gasteiger partial charge in [-0.25, -0.2) is 0 Å². The zero-order chi connectivity index (χ0) is 11.9. The van der Waals surface area contributed by atoms with Crippen molar-refractivity contribution in [3.8, 4) is 0 Å². The molecule has 1 heteroatoms. The van der Waals surface area contributed by atoms with Gasteiger partial charge in [0.05, 0.1) is 0 Å². The van der Waals surface area contributed by atoms with Crippen LogP contribution in [0.2, 0.25) is 0 Å². The van der Waals surface area contributed by atoms with Gasteiger partial charge in [-0.1, -0.05) is 49.8 Å². The Morgan fingerprint density at radius 1 is 1.56 bits per heavy atom. The van der Waals surface area contributed by atoms with E-state index in [0.29, 0.717) is 17.5 Å². The first-order valence-electron chi connectivity index (χ1n) is 6.24. The topological polar surface area (TPSA) is 3.24 Å². The lowest BCUT2D eigenvalue weighted by Crippen LogP contribution is -2.64. The number of likely N-dealkylation sites (N-methyl/N-ethyl adjacent to an activating group) is 1. The van der Waals surface area contributed by atoms with Crippen molar-refractivity contribution in [1.82, 2.24) is 4.90 Å². The Bertz CT molecular complexity index is 362. The van der Waals surface area contributed by atoms with Crippen LogP contribution in [0.4, 0.5) is 0 Å². The standard InChI is InChI=1S/C15H23N/c1-11(2)13(4)14-10-15(16(14)5)8-6-12(3)7-9-15/h6-8,11,14H,4,9-10H2,1-3,5H3. The Hall–Kier alpha value is -0.820. The molecule has 1 spiro atoms. The maximum atomic E-state index is 4.24. The molecule has 1 saturated heterocycles. The molecule has 0 aromatic rings. The number of likely N-dealkylation sites (tertiary alicyclic amines) is 1. The third kappa shape index (κ3) is 1.67. The molecule has 0 N–H and O–H groups in total. The van der Waals surface area contributed by atoms with Crippen molar-refractivity contribution < 1.29 is 0 Å². The van der Waals surface area contributed by atoms with Gasteiger partial charge in [-0.2, -0.15) is 0 Å². The average Bonchev–Trinajstić information content (AvgIpc) is 2.26. The van der Waals surface area contributed by atoms with Gasteiger partial charge >= 0.3 is 0 Å². The molecule has 1 aliphatic carbocycles. The molecule has 0 radical (unpaired) electrons. The van der Waals surface area contributed by atoms with E-state index in [4.69, 9.17) is 0 Å². The van der Waals surface area contributed by atoms with Gasteiger partial charge in [-0.05, 0) is 32.7 Å². The molecule has 88 valence electrons. The Balaban J connectivity index is 2.06. The molecular formula is C15H23N. The summed E-state index contributed by atoms with van der Waals surface area (Å²) >= 11 is 0. The molecule has 0 saturated carbocycles. The Morgan fingerprint density at radius 3 is 2.69 bits per heavy atom. The third-order valence-electron chi connectivity index (χ3n) is 4.32. The van der Waals surface area contributed by atoms with Gasteiger partial charge in [0.25, 0.3) is 0 Å². The summed E-state index contributed by atoms with van der Waals surface area (Å²) in [5, 5.41) is 0. The summed E-state index contributed by atoms with van der Waals surface area (Å²) < 4.78 is 0. The van der Waals surface area contributed by atoms with Crippen molar-refractivity contribution in [3.63, 3.8) is 0 Å². The summed E-state index contributed by atoms with van der Waals surface area (Å²) in [6.45, 7) is 10.9. The van der Waals surface area contributed by atoms with Crippen LogP contribution in [0.1, 0.15) is 33.6 Å². The van der Waals surface area contributed by atoms with Crippen molar-refractivity contribution in [1.29, 1.82) is 0 Å². The van der Waals surface area contributed by atoms with Crippen LogP contribution in [0, 0.1) is 5.92 Å². The van der Waals surface area contributed by atoms with E-state index in [1.54, 1.807) is 0 Å². The van der Waals surface area contributed by atoms with Gasteiger partial charge in [0.2, 0.25) is 0 Å². The highest BCUT2D eigenvalue weighted by Gasteiger charge is 2.48. The molecule has 0 aromatic heterocycles. The van der Waals surface area contributed by atoms with Gasteiger partial charge < -0.3 is 0 Å². The molecule has 0 aromatic carbocycles. The Kier molecular flexibility index (Phi) is 2.83. The Labute approximate surface area is 99.5 Å². The minimum Gasteiger partial charge on any atom is -0.290 e. The molecule has 1 fully saturated rings. The monoisotopic (exact) mass is 217 g/mol. The highest BCUT2D eigenvalue weighted by molar-refractivity contribution is 5.34. The third-order valence-corrected chi connectivity index (χ3v) is 4.32. The van der Waals surface area contributed by atoms with Crippen molar-refractivity contribution in [2.75, 3.05) is 7.05 Å². The molecule has 16 heavy (non-hydrogen) atoms. The molecule has 0 amide bonds. The largest absolute Gasteiger partial charge is 0.290 e. The van der Waals surface area contributed by atoms with E-state index < -0.39 is 0 Å². The minimum absolute atomic E-state index is 0.294. The first-order valence-corrected chi connectivity index (χ1v) is 6.24. The predicted octanol–water partition coefficient (Wildman–Crippen LogP) is 3.55. The molecule has 2 rings (SSSR count). The Morgan fingerprint density at radius 2 is 2.25 bits per heavy atom. The van der Waals surface area contributed by atoms with E-state index >= 15 is 0 Å². The second-order valence-electron chi connectivity index (χ2n) is 5.65. The predicted molar refractivity (Wildman–Crippen MR) is 70.4 cm³/mol. The number of rotatable bonds is 2. The van der Waals surface area contributed by atoms with Crippen LogP contribution in [0.3, 0.4) is 0 Å². The zero-order valence-electron chi connectivity index (χ0n) is 11.0. The quantitative estimate of drug-likeness (QED) is 0.639. The second-order valence-corrected chi connectivity index (χ2v) is 5.65. The molecule has 2 atom stereocenters. The lowest BCUT2D eigenvalue weighted by Gasteiger charge is -2.57. The van der Waals surface area contributed by atoms with Gasteiger partial charge in [-0.15, -0.1) is 0 Å². The van der Waals surface area contributed by atoms with Crippen molar-refractivity contribution in [2.24, 2.45) is 5.92 Å². The van der Waals surface area contributed by atoms with Crippen LogP contribution in [0.15, 0.2) is 36.0 Å². The first kappa shape index (κ1) is 11.7. The number of allylic oxidation sites excluding steroid dienone is 2. The first-order chi connectivity index (χ1) is 7.46. The summed E-state index contributed by atoms with van der Waals surface area (Å²) in [4.78, 5) is 2.49. The van der Waals surface area contributed by atoms with Gasteiger partial charge in [-0.3, -0.25) is 4.90 Å². The van der Waals surface area contributed by atoms with Crippen molar-refractivity contribution in [3.05, 3.63) is 36.0 Å². The lowest BCUT2D eigenvalue weighted by atomic mass is 9.70. The molecule has 1 heterocycles. The maximum Gasteiger partial charge on any atom is 0.0450 e. The van der Waals surface area contributed by atoms with Crippen LogP contribution in [0.5, 0.6) is 0 Å². The summed E-state index contributed by atoms with van der Waals surface area (Å²) in [5.74, 6) is 0.592. The van der Waals surface area contributed by atoms with Crippen molar-refractivity contribution in [2.45, 2.75) is 45.2 Å². The van der Waals surface area contributed by atoms with E-state index in [-0.39, 0.29) is 0 Å². The fraction of sp³-hybridized carbons (Fsp3) is 0.600. The zero-order valence-corrected chi connectivity index (χ0v) is 11.0. The van der Waals surface area contributed by atoms with Crippen LogP contribution in [-0.2, 0) is 0 Å². The van der Waals surface area contributed by atoms with Gasteiger partial charge in [0.15, 0.2) is 0 Å². The average molecular weight is 217 g/mol. The fourth-order valence-corrected chi connectivity index (χ4v) is 2.75. The number of nitrogens with zero attached hydrogens (tertiary/aromatic N) is 1. The second kappa shape index (κ2) is 3.89.